The van der Waals surface area contributed by atoms with Gasteiger partial charge in [-0.1, -0.05) is 12.1 Å². The zero-order valence-electron chi connectivity index (χ0n) is 19.0. The lowest BCUT2D eigenvalue weighted by Gasteiger charge is -2.40. The molecule has 178 valence electrons. The third-order valence-corrected chi connectivity index (χ3v) is 6.80. The van der Waals surface area contributed by atoms with E-state index in [0.29, 0.717) is 30.4 Å². The Kier molecular flexibility index (Phi) is 7.47. The largest absolute Gasteiger partial charge is 0.507 e. The maximum absolute atomic E-state index is 13.0. The van der Waals surface area contributed by atoms with E-state index in [-0.39, 0.29) is 24.1 Å². The molecule has 2 heterocycles. The highest BCUT2D eigenvalue weighted by Gasteiger charge is 2.35. The van der Waals surface area contributed by atoms with Gasteiger partial charge in [0.2, 0.25) is 0 Å². The Morgan fingerprint density at radius 3 is 2.64 bits per heavy atom. The average Bonchev–Trinajstić information content (AvgIpc) is 2.83. The molecular weight excluding hydrogens is 423 g/mol. The first-order chi connectivity index (χ1) is 15.9. The second-order valence-corrected chi connectivity index (χ2v) is 8.97. The minimum Gasteiger partial charge on any atom is -0.507 e. The lowest BCUT2D eigenvalue weighted by atomic mass is 9.83. The number of phenolic OH excluding ortho intramolecular Hbond substituents is 1. The summed E-state index contributed by atoms with van der Waals surface area (Å²) >= 11 is 0. The van der Waals surface area contributed by atoms with Crippen LogP contribution >= 0.6 is 0 Å². The lowest BCUT2D eigenvalue weighted by Crippen LogP contribution is -2.44. The highest BCUT2D eigenvalue weighted by molar-refractivity contribution is 5.89. The number of anilines is 1. The van der Waals surface area contributed by atoms with Crippen LogP contribution in [-0.4, -0.2) is 54.9 Å². The van der Waals surface area contributed by atoms with Crippen molar-refractivity contribution in [3.63, 3.8) is 0 Å². The number of likely N-dealkylation sites (tertiary alicyclic amines) is 1. The van der Waals surface area contributed by atoms with E-state index in [1.54, 1.807) is 0 Å². The topological polar surface area (TPSA) is 99.8 Å². The van der Waals surface area contributed by atoms with Crippen LogP contribution < -0.4 is 16.4 Å². The van der Waals surface area contributed by atoms with Gasteiger partial charge in [0.05, 0.1) is 12.2 Å². The van der Waals surface area contributed by atoms with E-state index in [1.165, 1.54) is 24.3 Å². The number of aromatic hydroxyl groups is 1. The monoisotopic (exact) mass is 456 g/mol. The fraction of sp³-hybridized carbons (Fsp3) is 0.480. The van der Waals surface area contributed by atoms with Crippen LogP contribution in [0.2, 0.25) is 0 Å². The van der Waals surface area contributed by atoms with Gasteiger partial charge < -0.3 is 31.1 Å². The molecule has 2 unspecified atom stereocenters. The molecular formula is C25H33FN4O3. The van der Waals surface area contributed by atoms with Gasteiger partial charge in [0.15, 0.2) is 0 Å². The molecule has 1 fully saturated rings. The number of carbonyl (C=O) groups excluding carboxylic acids is 1. The number of phenols is 1. The number of piperidine rings is 1. The summed E-state index contributed by atoms with van der Waals surface area (Å²) in [6.07, 6.45) is 2.61. The number of carbonyl (C=O) groups is 1. The van der Waals surface area contributed by atoms with E-state index in [0.717, 1.165) is 55.6 Å². The molecule has 8 heteroatoms. The predicted molar refractivity (Wildman–Crippen MR) is 126 cm³/mol. The number of nitrogens with two attached hydrogens (primary N) is 1. The van der Waals surface area contributed by atoms with E-state index >= 15 is 0 Å². The summed E-state index contributed by atoms with van der Waals surface area (Å²) in [4.78, 5) is 14.4. The number of hydrogen-bond acceptors (Lipinski definition) is 5. The van der Waals surface area contributed by atoms with E-state index in [4.69, 9.17) is 10.5 Å². The van der Waals surface area contributed by atoms with Crippen molar-refractivity contribution in [3.8, 4) is 5.75 Å². The van der Waals surface area contributed by atoms with Crippen molar-refractivity contribution in [2.75, 3.05) is 38.0 Å². The number of amides is 2. The Morgan fingerprint density at radius 1 is 1.21 bits per heavy atom. The van der Waals surface area contributed by atoms with Crippen LogP contribution in [0.5, 0.6) is 5.75 Å². The van der Waals surface area contributed by atoms with Gasteiger partial charge in [-0.2, -0.15) is 0 Å². The standard InChI is InChI=1S/C25H33FN4O3/c1-16-2-7-20-21(24(16)31)14-22(33-23(20)15-27)17-8-11-30(12-9-17)13-10-28-25(32)29-19-5-3-18(26)4-6-19/h2-7,17,22-23,31H,8-15,27H2,1H3,(H2,28,29,32). The fourth-order valence-electron chi connectivity index (χ4n) is 4.86. The highest BCUT2D eigenvalue weighted by atomic mass is 19.1. The first-order valence-electron chi connectivity index (χ1n) is 11.6. The number of nitrogens with zero attached hydrogens (tertiary/aromatic N) is 1. The Balaban J connectivity index is 1.23. The molecule has 5 N–H and O–H groups in total. The molecule has 2 amide bonds. The molecule has 0 radical (unpaired) electrons. The van der Waals surface area contributed by atoms with Crippen molar-refractivity contribution in [2.24, 2.45) is 11.7 Å². The first kappa shape index (κ1) is 23.5. The molecule has 4 rings (SSSR count). The zero-order valence-corrected chi connectivity index (χ0v) is 19.0. The molecule has 7 nitrogen and oxygen atoms in total. The van der Waals surface area contributed by atoms with Crippen molar-refractivity contribution in [1.82, 2.24) is 10.2 Å². The molecule has 0 bridgehead atoms. The zero-order chi connectivity index (χ0) is 23.4. The Hall–Kier alpha value is -2.68. The minimum absolute atomic E-state index is 0.0560. The third kappa shape index (κ3) is 5.63. The summed E-state index contributed by atoms with van der Waals surface area (Å²) in [5.41, 5.74) is 9.42. The summed E-state index contributed by atoms with van der Waals surface area (Å²) in [7, 11) is 0. The number of fused-ring (bicyclic) bond motifs is 1. The molecule has 2 aliphatic rings. The summed E-state index contributed by atoms with van der Waals surface area (Å²) in [5.74, 6) is 0.456. The number of hydrogen-bond donors (Lipinski definition) is 4. The maximum Gasteiger partial charge on any atom is 0.319 e. The van der Waals surface area contributed by atoms with Crippen molar-refractivity contribution in [2.45, 2.75) is 38.4 Å². The van der Waals surface area contributed by atoms with E-state index in [1.807, 2.05) is 19.1 Å². The molecule has 0 aliphatic carbocycles. The lowest BCUT2D eigenvalue weighted by molar-refractivity contribution is -0.0645. The van der Waals surface area contributed by atoms with Gasteiger partial charge in [0, 0.05) is 37.3 Å². The van der Waals surface area contributed by atoms with Crippen LogP contribution in [0, 0.1) is 18.7 Å². The quantitative estimate of drug-likeness (QED) is 0.534. The predicted octanol–water partition coefficient (Wildman–Crippen LogP) is 3.31. The van der Waals surface area contributed by atoms with Crippen molar-refractivity contribution in [1.29, 1.82) is 0 Å². The molecule has 0 spiro atoms. The maximum atomic E-state index is 13.0. The first-order valence-corrected chi connectivity index (χ1v) is 11.6. The Morgan fingerprint density at radius 2 is 1.94 bits per heavy atom. The van der Waals surface area contributed by atoms with Crippen molar-refractivity contribution >= 4 is 11.7 Å². The normalized spacial score (nSPS) is 21.4. The van der Waals surface area contributed by atoms with Crippen LogP contribution in [0.4, 0.5) is 14.9 Å². The number of rotatable bonds is 6. The van der Waals surface area contributed by atoms with E-state index in [2.05, 4.69) is 15.5 Å². The number of nitrogens with one attached hydrogen (secondary N) is 2. The van der Waals surface area contributed by atoms with E-state index < -0.39 is 0 Å². The van der Waals surface area contributed by atoms with Crippen LogP contribution in [0.1, 0.15) is 35.6 Å². The van der Waals surface area contributed by atoms with Gasteiger partial charge in [0.25, 0.3) is 0 Å². The summed E-state index contributed by atoms with van der Waals surface area (Å²) in [6.45, 7) is 5.49. The van der Waals surface area contributed by atoms with Gasteiger partial charge in [-0.15, -0.1) is 0 Å². The van der Waals surface area contributed by atoms with Crippen molar-refractivity contribution in [3.05, 3.63) is 58.9 Å². The van der Waals surface area contributed by atoms with Gasteiger partial charge in [-0.05, 0) is 74.2 Å². The Bertz CT molecular complexity index is 961. The Labute approximate surface area is 194 Å². The van der Waals surface area contributed by atoms with Crippen LogP contribution in [0.15, 0.2) is 36.4 Å². The fourth-order valence-corrected chi connectivity index (χ4v) is 4.86. The van der Waals surface area contributed by atoms with Gasteiger partial charge >= 0.3 is 6.03 Å². The molecule has 2 aliphatic heterocycles. The molecule has 2 atom stereocenters. The highest BCUT2D eigenvalue weighted by Crippen LogP contribution is 2.40. The van der Waals surface area contributed by atoms with Crippen LogP contribution in [-0.2, 0) is 11.2 Å². The second-order valence-electron chi connectivity index (χ2n) is 8.97. The number of urea groups is 1. The van der Waals surface area contributed by atoms with Crippen LogP contribution in [0.3, 0.4) is 0 Å². The van der Waals surface area contributed by atoms with E-state index in [9.17, 15) is 14.3 Å². The second kappa shape index (κ2) is 10.5. The average molecular weight is 457 g/mol. The minimum atomic E-state index is -0.336. The summed E-state index contributed by atoms with van der Waals surface area (Å²) < 4.78 is 19.3. The summed E-state index contributed by atoms with van der Waals surface area (Å²) in [5, 5.41) is 16.2. The molecule has 0 aromatic heterocycles. The van der Waals surface area contributed by atoms with Crippen LogP contribution in [0.25, 0.3) is 0 Å². The van der Waals surface area contributed by atoms with Gasteiger partial charge in [-0.25, -0.2) is 9.18 Å². The number of halogens is 1. The van der Waals surface area contributed by atoms with Gasteiger partial charge in [0.1, 0.15) is 11.6 Å². The number of benzene rings is 2. The number of aryl methyl sites for hydroxylation is 1. The molecule has 2 aromatic rings. The number of ether oxygens (including phenoxy) is 1. The molecule has 33 heavy (non-hydrogen) atoms. The third-order valence-electron chi connectivity index (χ3n) is 6.80. The SMILES string of the molecule is Cc1ccc2c(c1O)CC(C1CCN(CCNC(=O)Nc3ccc(F)cc3)CC1)OC2CN. The van der Waals surface area contributed by atoms with Crippen molar-refractivity contribution < 1.29 is 19.0 Å². The molecule has 2 aromatic carbocycles. The smallest absolute Gasteiger partial charge is 0.319 e. The van der Waals surface area contributed by atoms with Gasteiger partial charge in [-0.3, -0.25) is 0 Å². The molecule has 0 saturated carbocycles. The molecule has 1 saturated heterocycles. The summed E-state index contributed by atoms with van der Waals surface area (Å²) in [6, 6.07) is 9.34.